The molecule has 2 aliphatic heterocycles. The highest BCUT2D eigenvalue weighted by molar-refractivity contribution is 6.07. The van der Waals surface area contributed by atoms with Gasteiger partial charge in [0, 0.05) is 19.6 Å². The molecule has 2 saturated heterocycles. The highest BCUT2D eigenvalue weighted by atomic mass is 16.5. The standard InChI is InChI=1S/C19H24N2O3/c22-17-19(10-11-24-13-19)20-18(23)21(17)12-14-6-8-16(9-7-14)15-4-2-1-3-5-15/h1-5,14,16H,6-13H2,(H,20,23). The van der Waals surface area contributed by atoms with Gasteiger partial charge in [-0.2, -0.15) is 0 Å². The lowest BCUT2D eigenvalue weighted by atomic mass is 9.78. The Kier molecular flexibility index (Phi) is 4.04. The van der Waals surface area contributed by atoms with Crippen molar-refractivity contribution < 1.29 is 14.3 Å². The lowest BCUT2D eigenvalue weighted by Gasteiger charge is -2.30. The van der Waals surface area contributed by atoms with E-state index in [4.69, 9.17) is 4.74 Å². The van der Waals surface area contributed by atoms with Crippen molar-refractivity contribution in [2.45, 2.75) is 43.6 Å². The Balaban J connectivity index is 1.36. The van der Waals surface area contributed by atoms with E-state index in [0.29, 0.717) is 38.0 Å². The largest absolute Gasteiger partial charge is 0.378 e. The van der Waals surface area contributed by atoms with Gasteiger partial charge in [0.2, 0.25) is 0 Å². The second-order valence-electron chi connectivity index (χ2n) is 7.36. The lowest BCUT2D eigenvalue weighted by Crippen LogP contribution is -2.47. The van der Waals surface area contributed by atoms with Crippen molar-refractivity contribution in [2.24, 2.45) is 5.92 Å². The van der Waals surface area contributed by atoms with E-state index in [1.165, 1.54) is 10.5 Å². The first-order valence-electron chi connectivity index (χ1n) is 8.95. The summed E-state index contributed by atoms with van der Waals surface area (Å²) in [6, 6.07) is 10.4. The van der Waals surface area contributed by atoms with Gasteiger partial charge in [0.05, 0.1) is 6.61 Å². The second-order valence-corrected chi connectivity index (χ2v) is 7.36. The predicted octanol–water partition coefficient (Wildman–Crippen LogP) is 2.67. The van der Waals surface area contributed by atoms with Crippen LogP contribution in [0.2, 0.25) is 0 Å². The zero-order valence-corrected chi connectivity index (χ0v) is 13.9. The fourth-order valence-corrected chi connectivity index (χ4v) is 4.34. The van der Waals surface area contributed by atoms with E-state index in [0.717, 1.165) is 25.7 Å². The molecule has 5 heteroatoms. The number of amides is 3. The molecule has 1 aromatic rings. The Labute approximate surface area is 142 Å². The number of ether oxygens (including phenoxy) is 1. The summed E-state index contributed by atoms with van der Waals surface area (Å²) in [6.45, 7) is 1.41. The molecule has 4 rings (SSSR count). The van der Waals surface area contributed by atoms with Gasteiger partial charge in [0.25, 0.3) is 5.91 Å². The smallest absolute Gasteiger partial charge is 0.325 e. The van der Waals surface area contributed by atoms with Gasteiger partial charge >= 0.3 is 6.03 Å². The summed E-state index contributed by atoms with van der Waals surface area (Å²) >= 11 is 0. The molecular formula is C19H24N2O3. The number of rotatable bonds is 3. The highest BCUT2D eigenvalue weighted by Gasteiger charge is 2.53. The molecule has 3 fully saturated rings. The van der Waals surface area contributed by atoms with Gasteiger partial charge in [-0.25, -0.2) is 4.79 Å². The SMILES string of the molecule is O=C1NC2(CCOC2)C(=O)N1CC1CCC(c2ccccc2)CC1. The number of hydrogen-bond donors (Lipinski definition) is 1. The molecule has 1 atom stereocenters. The average molecular weight is 328 g/mol. The van der Waals surface area contributed by atoms with Crippen molar-refractivity contribution in [3.63, 3.8) is 0 Å². The molecule has 3 aliphatic rings. The number of hydrogen-bond acceptors (Lipinski definition) is 3. The predicted molar refractivity (Wildman–Crippen MR) is 89.6 cm³/mol. The maximum absolute atomic E-state index is 12.7. The van der Waals surface area contributed by atoms with Crippen molar-refractivity contribution in [1.82, 2.24) is 10.2 Å². The van der Waals surface area contributed by atoms with Gasteiger partial charge in [-0.1, -0.05) is 30.3 Å². The molecule has 2 heterocycles. The average Bonchev–Trinajstić information content (AvgIpc) is 3.17. The van der Waals surface area contributed by atoms with Gasteiger partial charge in [-0.05, 0) is 43.1 Å². The third-order valence-corrected chi connectivity index (χ3v) is 5.83. The van der Waals surface area contributed by atoms with E-state index in [1.807, 2.05) is 0 Å². The molecule has 0 bridgehead atoms. The van der Waals surface area contributed by atoms with Gasteiger partial charge < -0.3 is 10.1 Å². The van der Waals surface area contributed by atoms with Crippen LogP contribution in [-0.2, 0) is 9.53 Å². The number of imide groups is 1. The van der Waals surface area contributed by atoms with Crippen LogP contribution in [0.25, 0.3) is 0 Å². The summed E-state index contributed by atoms with van der Waals surface area (Å²) in [6.07, 6.45) is 4.99. The molecule has 1 spiro atoms. The normalized spacial score (nSPS) is 33.2. The van der Waals surface area contributed by atoms with Crippen LogP contribution >= 0.6 is 0 Å². The van der Waals surface area contributed by atoms with Crippen LogP contribution in [0, 0.1) is 5.92 Å². The molecule has 3 amide bonds. The van der Waals surface area contributed by atoms with Crippen molar-refractivity contribution in [3.8, 4) is 0 Å². The van der Waals surface area contributed by atoms with Crippen molar-refractivity contribution in [1.29, 1.82) is 0 Å². The molecule has 1 saturated carbocycles. The van der Waals surface area contributed by atoms with Gasteiger partial charge in [0.1, 0.15) is 5.54 Å². The Morgan fingerprint density at radius 3 is 2.54 bits per heavy atom. The van der Waals surface area contributed by atoms with Crippen LogP contribution in [0.15, 0.2) is 30.3 Å². The fraction of sp³-hybridized carbons (Fsp3) is 0.579. The topological polar surface area (TPSA) is 58.6 Å². The Hall–Kier alpha value is -1.88. The molecular weight excluding hydrogens is 304 g/mol. The first-order valence-corrected chi connectivity index (χ1v) is 8.95. The Bertz CT molecular complexity index is 617. The van der Waals surface area contributed by atoms with Crippen LogP contribution in [0.3, 0.4) is 0 Å². The minimum atomic E-state index is -0.779. The zero-order chi connectivity index (χ0) is 16.6. The van der Waals surface area contributed by atoms with E-state index in [9.17, 15) is 9.59 Å². The van der Waals surface area contributed by atoms with E-state index < -0.39 is 5.54 Å². The van der Waals surface area contributed by atoms with Gasteiger partial charge in [0.15, 0.2) is 0 Å². The maximum atomic E-state index is 12.7. The van der Waals surface area contributed by atoms with Gasteiger partial charge in [-0.15, -0.1) is 0 Å². The fourth-order valence-electron chi connectivity index (χ4n) is 4.34. The number of urea groups is 1. The van der Waals surface area contributed by atoms with Crippen molar-refractivity contribution in [2.75, 3.05) is 19.8 Å². The van der Waals surface area contributed by atoms with Crippen LogP contribution in [-0.4, -0.2) is 42.1 Å². The Morgan fingerprint density at radius 2 is 1.88 bits per heavy atom. The highest BCUT2D eigenvalue weighted by Crippen LogP contribution is 2.37. The molecule has 1 unspecified atom stereocenters. The molecule has 1 aromatic carbocycles. The first-order chi connectivity index (χ1) is 11.7. The third kappa shape index (κ3) is 2.71. The number of nitrogens with zero attached hydrogens (tertiary/aromatic N) is 1. The second kappa shape index (κ2) is 6.20. The number of benzene rings is 1. The summed E-state index contributed by atoms with van der Waals surface area (Å²) in [5, 5.41) is 2.87. The van der Waals surface area contributed by atoms with Crippen molar-refractivity contribution >= 4 is 11.9 Å². The molecule has 0 aromatic heterocycles. The first kappa shape index (κ1) is 15.6. The monoisotopic (exact) mass is 328 g/mol. The van der Waals surface area contributed by atoms with Crippen LogP contribution < -0.4 is 5.32 Å². The van der Waals surface area contributed by atoms with E-state index >= 15 is 0 Å². The zero-order valence-electron chi connectivity index (χ0n) is 13.9. The molecule has 5 nitrogen and oxygen atoms in total. The summed E-state index contributed by atoms with van der Waals surface area (Å²) < 4.78 is 5.34. The molecule has 1 aliphatic carbocycles. The summed E-state index contributed by atoms with van der Waals surface area (Å²) in [5.74, 6) is 0.937. The number of carbonyl (C=O) groups is 2. The minimum absolute atomic E-state index is 0.0878. The quantitative estimate of drug-likeness (QED) is 0.868. The van der Waals surface area contributed by atoms with Gasteiger partial charge in [-0.3, -0.25) is 9.69 Å². The van der Waals surface area contributed by atoms with E-state index in [-0.39, 0.29) is 11.9 Å². The number of carbonyl (C=O) groups excluding carboxylic acids is 2. The van der Waals surface area contributed by atoms with Crippen LogP contribution in [0.4, 0.5) is 4.79 Å². The van der Waals surface area contributed by atoms with E-state index in [1.54, 1.807) is 0 Å². The van der Waals surface area contributed by atoms with Crippen LogP contribution in [0.5, 0.6) is 0 Å². The summed E-state index contributed by atoms with van der Waals surface area (Å²) in [7, 11) is 0. The number of nitrogens with one attached hydrogen (secondary N) is 1. The Morgan fingerprint density at radius 1 is 1.12 bits per heavy atom. The maximum Gasteiger partial charge on any atom is 0.325 e. The summed E-state index contributed by atoms with van der Waals surface area (Å²) in [5.41, 5.74) is 0.631. The molecule has 0 radical (unpaired) electrons. The van der Waals surface area contributed by atoms with Crippen molar-refractivity contribution in [3.05, 3.63) is 35.9 Å². The van der Waals surface area contributed by atoms with E-state index in [2.05, 4.69) is 35.6 Å². The minimum Gasteiger partial charge on any atom is -0.378 e. The van der Waals surface area contributed by atoms with Crippen LogP contribution in [0.1, 0.15) is 43.6 Å². The molecule has 1 N–H and O–H groups in total. The third-order valence-electron chi connectivity index (χ3n) is 5.83. The molecule has 128 valence electrons. The summed E-state index contributed by atoms with van der Waals surface area (Å²) in [4.78, 5) is 26.3. The lowest BCUT2D eigenvalue weighted by molar-refractivity contribution is -0.131. The molecule has 24 heavy (non-hydrogen) atoms.